The fourth-order valence-electron chi connectivity index (χ4n) is 2.65. The Morgan fingerprint density at radius 2 is 2.00 bits per heavy atom. The van der Waals surface area contributed by atoms with Crippen molar-refractivity contribution < 1.29 is 9.94 Å². The van der Waals surface area contributed by atoms with Crippen molar-refractivity contribution in [2.75, 3.05) is 7.11 Å². The fourth-order valence-corrected chi connectivity index (χ4v) is 2.65. The Labute approximate surface area is 108 Å². The van der Waals surface area contributed by atoms with Crippen molar-refractivity contribution in [2.45, 2.75) is 39.0 Å². The number of aryl methyl sites for hydroxylation is 1. The van der Waals surface area contributed by atoms with Crippen LogP contribution in [0.2, 0.25) is 0 Å². The minimum Gasteiger partial charge on any atom is -0.508 e. The third kappa shape index (κ3) is 2.84. The average molecular weight is 247 g/mol. The normalized spacial score (nSPS) is 17.8. The molecule has 0 saturated heterocycles. The summed E-state index contributed by atoms with van der Waals surface area (Å²) < 4.78 is 0. The lowest BCUT2D eigenvalue weighted by Crippen LogP contribution is -2.19. The van der Waals surface area contributed by atoms with Crippen molar-refractivity contribution in [3.8, 4) is 5.75 Å². The molecule has 98 valence electrons. The maximum Gasteiger partial charge on any atom is 0.118 e. The summed E-state index contributed by atoms with van der Waals surface area (Å²) in [7, 11) is 1.59. The van der Waals surface area contributed by atoms with Crippen LogP contribution < -0.4 is 0 Å². The highest BCUT2D eigenvalue weighted by Crippen LogP contribution is 2.29. The van der Waals surface area contributed by atoms with Crippen molar-refractivity contribution in [3.05, 3.63) is 29.3 Å². The first-order valence-electron chi connectivity index (χ1n) is 6.63. The minimum absolute atomic E-state index is 0.333. The Hall–Kier alpha value is -1.51. The van der Waals surface area contributed by atoms with Gasteiger partial charge in [0.05, 0.1) is 5.71 Å². The molecular formula is C15H21NO2. The van der Waals surface area contributed by atoms with E-state index in [1.807, 2.05) is 19.1 Å². The van der Waals surface area contributed by atoms with Crippen LogP contribution in [-0.2, 0) is 4.84 Å². The van der Waals surface area contributed by atoms with Gasteiger partial charge in [-0.25, -0.2) is 0 Å². The number of hydrogen-bond donors (Lipinski definition) is 1. The quantitative estimate of drug-likeness (QED) is 0.654. The van der Waals surface area contributed by atoms with Gasteiger partial charge in [0, 0.05) is 11.5 Å². The second kappa shape index (κ2) is 5.89. The molecule has 1 aromatic rings. The maximum absolute atomic E-state index is 9.59. The van der Waals surface area contributed by atoms with Gasteiger partial charge < -0.3 is 9.94 Å². The van der Waals surface area contributed by atoms with Crippen molar-refractivity contribution in [3.63, 3.8) is 0 Å². The number of phenolic OH excluding ortho intramolecular Hbond substituents is 1. The first-order valence-corrected chi connectivity index (χ1v) is 6.63. The molecule has 0 heterocycles. The smallest absolute Gasteiger partial charge is 0.118 e. The lowest BCUT2D eigenvalue weighted by molar-refractivity contribution is 0.210. The number of hydrogen-bond acceptors (Lipinski definition) is 3. The van der Waals surface area contributed by atoms with E-state index in [1.54, 1.807) is 13.2 Å². The van der Waals surface area contributed by atoms with Gasteiger partial charge in [-0.05, 0) is 43.5 Å². The number of rotatable bonds is 3. The van der Waals surface area contributed by atoms with Crippen LogP contribution in [0.3, 0.4) is 0 Å². The van der Waals surface area contributed by atoms with Gasteiger partial charge >= 0.3 is 0 Å². The third-order valence-electron chi connectivity index (χ3n) is 3.67. The highest BCUT2D eigenvalue weighted by molar-refractivity contribution is 6.02. The predicted molar refractivity (Wildman–Crippen MR) is 73.0 cm³/mol. The number of phenols is 1. The second-order valence-electron chi connectivity index (χ2n) is 5.00. The van der Waals surface area contributed by atoms with E-state index >= 15 is 0 Å². The first kappa shape index (κ1) is 12.9. The zero-order valence-electron chi connectivity index (χ0n) is 11.1. The number of benzene rings is 1. The van der Waals surface area contributed by atoms with E-state index in [-0.39, 0.29) is 0 Å². The largest absolute Gasteiger partial charge is 0.508 e. The van der Waals surface area contributed by atoms with Crippen LogP contribution in [0, 0.1) is 12.8 Å². The summed E-state index contributed by atoms with van der Waals surface area (Å²) in [5, 5.41) is 13.8. The van der Waals surface area contributed by atoms with Gasteiger partial charge in [-0.3, -0.25) is 0 Å². The summed E-state index contributed by atoms with van der Waals surface area (Å²) in [6.07, 6.45) is 6.23. The molecule has 3 nitrogen and oxygen atoms in total. The van der Waals surface area contributed by atoms with Crippen LogP contribution in [0.5, 0.6) is 5.75 Å². The molecule has 3 heteroatoms. The van der Waals surface area contributed by atoms with Crippen LogP contribution >= 0.6 is 0 Å². The Balaban J connectivity index is 2.28. The zero-order valence-corrected chi connectivity index (χ0v) is 11.1. The highest BCUT2D eigenvalue weighted by atomic mass is 16.6. The Morgan fingerprint density at radius 1 is 1.28 bits per heavy atom. The van der Waals surface area contributed by atoms with Gasteiger partial charge in [-0.1, -0.05) is 24.4 Å². The minimum atomic E-state index is 0.333. The third-order valence-corrected chi connectivity index (χ3v) is 3.67. The monoisotopic (exact) mass is 247 g/mol. The molecule has 0 atom stereocenters. The summed E-state index contributed by atoms with van der Waals surface area (Å²) in [6, 6.07) is 5.65. The summed E-state index contributed by atoms with van der Waals surface area (Å²) in [4.78, 5) is 5.01. The SMILES string of the molecule is CON=C(c1ccc(O)c(C)c1)C1CCCCC1. The van der Waals surface area contributed by atoms with Gasteiger partial charge in [0.2, 0.25) is 0 Å². The van der Waals surface area contributed by atoms with E-state index in [9.17, 15) is 5.11 Å². The molecule has 1 fully saturated rings. The summed E-state index contributed by atoms with van der Waals surface area (Å²) in [6.45, 7) is 1.91. The molecule has 1 N–H and O–H groups in total. The molecule has 1 aliphatic carbocycles. The van der Waals surface area contributed by atoms with Gasteiger partial charge in [-0.15, -0.1) is 0 Å². The highest BCUT2D eigenvalue weighted by Gasteiger charge is 2.21. The molecule has 0 aromatic heterocycles. The molecule has 0 amide bonds. The molecule has 18 heavy (non-hydrogen) atoms. The maximum atomic E-state index is 9.59. The molecule has 0 bridgehead atoms. The van der Waals surface area contributed by atoms with Crippen LogP contribution in [0.15, 0.2) is 23.4 Å². The van der Waals surface area contributed by atoms with Crippen molar-refractivity contribution in [1.29, 1.82) is 0 Å². The van der Waals surface area contributed by atoms with E-state index < -0.39 is 0 Å². The lowest BCUT2D eigenvalue weighted by Gasteiger charge is -2.23. The first-order chi connectivity index (χ1) is 8.72. The zero-order chi connectivity index (χ0) is 13.0. The Morgan fingerprint density at radius 3 is 2.61 bits per heavy atom. The van der Waals surface area contributed by atoms with Gasteiger partial charge in [-0.2, -0.15) is 0 Å². The molecule has 0 radical (unpaired) electrons. The van der Waals surface area contributed by atoms with Gasteiger partial charge in [0.1, 0.15) is 12.9 Å². The number of aromatic hydroxyl groups is 1. The fraction of sp³-hybridized carbons (Fsp3) is 0.533. The molecule has 1 aliphatic rings. The lowest BCUT2D eigenvalue weighted by atomic mass is 9.83. The van der Waals surface area contributed by atoms with E-state index in [0.29, 0.717) is 11.7 Å². The van der Waals surface area contributed by atoms with Crippen molar-refractivity contribution in [1.82, 2.24) is 0 Å². The standard InChI is InChI=1S/C15H21NO2/c1-11-10-13(8-9-14(11)17)15(16-18-2)12-6-4-3-5-7-12/h8-10,12,17H,3-7H2,1-2H3. The van der Waals surface area contributed by atoms with E-state index in [1.165, 1.54) is 32.1 Å². The van der Waals surface area contributed by atoms with Crippen LogP contribution in [0.25, 0.3) is 0 Å². The van der Waals surface area contributed by atoms with Gasteiger partial charge in [0.25, 0.3) is 0 Å². The molecule has 1 saturated carbocycles. The van der Waals surface area contributed by atoms with Gasteiger partial charge in [0.15, 0.2) is 0 Å². The number of nitrogens with zero attached hydrogens (tertiary/aromatic N) is 1. The average Bonchev–Trinajstić information content (AvgIpc) is 2.40. The molecule has 0 spiro atoms. The molecule has 0 aliphatic heterocycles. The van der Waals surface area contributed by atoms with E-state index in [4.69, 9.17) is 4.84 Å². The molecule has 0 unspecified atom stereocenters. The topological polar surface area (TPSA) is 41.8 Å². The van der Waals surface area contributed by atoms with Crippen molar-refractivity contribution >= 4 is 5.71 Å². The summed E-state index contributed by atoms with van der Waals surface area (Å²) >= 11 is 0. The number of oxime groups is 1. The van der Waals surface area contributed by atoms with E-state index in [0.717, 1.165) is 16.8 Å². The Bertz CT molecular complexity index is 434. The van der Waals surface area contributed by atoms with Crippen molar-refractivity contribution in [2.24, 2.45) is 11.1 Å². The van der Waals surface area contributed by atoms with Crippen LogP contribution in [0.1, 0.15) is 43.2 Å². The predicted octanol–water partition coefficient (Wildman–Crippen LogP) is 3.63. The van der Waals surface area contributed by atoms with Crippen LogP contribution in [-0.4, -0.2) is 17.9 Å². The summed E-state index contributed by atoms with van der Waals surface area (Å²) in [5.41, 5.74) is 2.98. The Kier molecular flexibility index (Phi) is 4.24. The molecule has 2 rings (SSSR count). The van der Waals surface area contributed by atoms with E-state index in [2.05, 4.69) is 5.16 Å². The van der Waals surface area contributed by atoms with Crippen LogP contribution in [0.4, 0.5) is 0 Å². The second-order valence-corrected chi connectivity index (χ2v) is 5.00. The summed E-state index contributed by atoms with van der Waals surface area (Å²) in [5.74, 6) is 0.821. The molecular weight excluding hydrogens is 226 g/mol. The molecule has 1 aromatic carbocycles.